The summed E-state index contributed by atoms with van der Waals surface area (Å²) in [4.78, 5) is 16.7. The fourth-order valence-electron chi connectivity index (χ4n) is 3.46. The summed E-state index contributed by atoms with van der Waals surface area (Å²) >= 11 is 0. The second kappa shape index (κ2) is 8.37. The Balaban J connectivity index is 1.39. The van der Waals surface area contributed by atoms with Crippen molar-refractivity contribution in [3.8, 4) is 0 Å². The monoisotopic (exact) mass is 402 g/mol. The van der Waals surface area contributed by atoms with Crippen LogP contribution in [0.25, 0.3) is 0 Å². The third-order valence-electron chi connectivity index (χ3n) is 5.17. The molecule has 1 heterocycles. The predicted octanol–water partition coefficient (Wildman–Crippen LogP) is 4.18. The Kier molecular flexibility index (Phi) is 5.48. The van der Waals surface area contributed by atoms with Crippen molar-refractivity contribution in [2.75, 3.05) is 23.9 Å². The molecule has 0 spiro atoms. The van der Waals surface area contributed by atoms with Crippen molar-refractivity contribution in [1.29, 1.82) is 0 Å². The van der Waals surface area contributed by atoms with Crippen molar-refractivity contribution >= 4 is 23.5 Å². The van der Waals surface area contributed by atoms with E-state index in [0.29, 0.717) is 12.1 Å². The van der Waals surface area contributed by atoms with E-state index in [1.165, 1.54) is 17.7 Å². The van der Waals surface area contributed by atoms with Crippen molar-refractivity contribution < 1.29 is 9.18 Å². The number of hydrogen-bond acceptors (Lipinski definition) is 4. The SMILES string of the molecule is CN(C)c1ccc(/C=N/NC(=O)c2ccc3c(c2)CN(c2ccc(F)cc2)C3)cc1. The van der Waals surface area contributed by atoms with Gasteiger partial charge in [-0.3, -0.25) is 4.79 Å². The van der Waals surface area contributed by atoms with E-state index in [1.807, 2.05) is 61.5 Å². The summed E-state index contributed by atoms with van der Waals surface area (Å²) in [5.74, 6) is -0.497. The van der Waals surface area contributed by atoms with Gasteiger partial charge in [-0.15, -0.1) is 0 Å². The molecule has 0 atom stereocenters. The van der Waals surface area contributed by atoms with E-state index < -0.39 is 0 Å². The molecular formula is C24H23FN4O. The molecule has 0 aromatic heterocycles. The Hall–Kier alpha value is -3.67. The first-order valence-corrected chi connectivity index (χ1v) is 9.73. The van der Waals surface area contributed by atoms with Crippen molar-refractivity contribution in [3.05, 3.63) is 94.8 Å². The molecule has 0 unspecified atom stereocenters. The first kappa shape index (κ1) is 19.6. The van der Waals surface area contributed by atoms with Crippen molar-refractivity contribution in [1.82, 2.24) is 5.43 Å². The molecule has 5 nitrogen and oxygen atoms in total. The largest absolute Gasteiger partial charge is 0.378 e. The van der Waals surface area contributed by atoms with Gasteiger partial charge in [-0.25, -0.2) is 9.82 Å². The number of hydrazone groups is 1. The Bertz CT molecular complexity index is 1080. The number of nitrogens with one attached hydrogen (secondary N) is 1. The highest BCUT2D eigenvalue weighted by molar-refractivity contribution is 5.95. The number of anilines is 2. The molecule has 0 fully saturated rings. The summed E-state index contributed by atoms with van der Waals surface area (Å²) in [7, 11) is 3.97. The number of rotatable bonds is 5. The van der Waals surface area contributed by atoms with E-state index in [4.69, 9.17) is 0 Å². The lowest BCUT2D eigenvalue weighted by Crippen LogP contribution is -2.18. The number of carbonyl (C=O) groups is 1. The quantitative estimate of drug-likeness (QED) is 0.515. The lowest BCUT2D eigenvalue weighted by atomic mass is 10.1. The van der Waals surface area contributed by atoms with Gasteiger partial charge in [0.15, 0.2) is 0 Å². The van der Waals surface area contributed by atoms with Crippen LogP contribution in [0.3, 0.4) is 0 Å². The fraction of sp³-hybridized carbons (Fsp3) is 0.167. The molecule has 30 heavy (non-hydrogen) atoms. The minimum atomic E-state index is -0.251. The average molecular weight is 402 g/mol. The highest BCUT2D eigenvalue weighted by atomic mass is 19.1. The maximum absolute atomic E-state index is 13.2. The highest BCUT2D eigenvalue weighted by Crippen LogP contribution is 2.29. The van der Waals surface area contributed by atoms with Gasteiger partial charge in [-0.2, -0.15) is 5.10 Å². The van der Waals surface area contributed by atoms with Crippen LogP contribution in [0.1, 0.15) is 27.0 Å². The third kappa shape index (κ3) is 4.33. The Morgan fingerprint density at radius 3 is 2.40 bits per heavy atom. The maximum Gasteiger partial charge on any atom is 0.271 e. The van der Waals surface area contributed by atoms with Crippen LogP contribution < -0.4 is 15.2 Å². The van der Waals surface area contributed by atoms with E-state index in [-0.39, 0.29) is 11.7 Å². The van der Waals surface area contributed by atoms with Crippen molar-refractivity contribution in [3.63, 3.8) is 0 Å². The zero-order valence-electron chi connectivity index (χ0n) is 17.0. The lowest BCUT2D eigenvalue weighted by Gasteiger charge is -2.17. The van der Waals surface area contributed by atoms with E-state index in [0.717, 1.165) is 29.0 Å². The number of carbonyl (C=O) groups excluding carboxylic acids is 1. The van der Waals surface area contributed by atoms with Crippen LogP contribution in [0.5, 0.6) is 0 Å². The minimum Gasteiger partial charge on any atom is -0.378 e. The number of nitrogens with zero attached hydrogens (tertiary/aromatic N) is 3. The molecule has 0 bridgehead atoms. The number of halogens is 1. The summed E-state index contributed by atoms with van der Waals surface area (Å²) in [5, 5.41) is 4.07. The van der Waals surface area contributed by atoms with Gasteiger partial charge in [0.05, 0.1) is 6.21 Å². The van der Waals surface area contributed by atoms with Crippen LogP contribution in [-0.4, -0.2) is 26.2 Å². The maximum atomic E-state index is 13.2. The van der Waals surface area contributed by atoms with E-state index in [1.54, 1.807) is 18.3 Å². The molecule has 4 rings (SSSR count). The predicted molar refractivity (Wildman–Crippen MR) is 119 cm³/mol. The zero-order chi connectivity index (χ0) is 21.1. The van der Waals surface area contributed by atoms with Gasteiger partial charge in [-0.05, 0) is 65.2 Å². The Labute approximate surface area is 175 Å². The summed E-state index contributed by atoms with van der Waals surface area (Å²) < 4.78 is 13.2. The highest BCUT2D eigenvalue weighted by Gasteiger charge is 2.20. The van der Waals surface area contributed by atoms with Gasteiger partial charge >= 0.3 is 0 Å². The van der Waals surface area contributed by atoms with Gasteiger partial charge in [0.2, 0.25) is 0 Å². The molecular weight excluding hydrogens is 379 g/mol. The van der Waals surface area contributed by atoms with Gasteiger partial charge in [-0.1, -0.05) is 18.2 Å². The van der Waals surface area contributed by atoms with Crippen LogP contribution in [0, 0.1) is 5.82 Å². The molecule has 0 aliphatic carbocycles. The van der Waals surface area contributed by atoms with E-state index in [9.17, 15) is 9.18 Å². The van der Waals surface area contributed by atoms with Crippen LogP contribution in [-0.2, 0) is 13.1 Å². The summed E-state index contributed by atoms with van der Waals surface area (Å²) in [5.41, 5.74) is 8.38. The molecule has 3 aromatic rings. The normalized spacial score (nSPS) is 12.8. The molecule has 0 saturated heterocycles. The molecule has 1 N–H and O–H groups in total. The molecule has 1 aliphatic heterocycles. The van der Waals surface area contributed by atoms with Crippen molar-refractivity contribution in [2.24, 2.45) is 5.10 Å². The smallest absolute Gasteiger partial charge is 0.271 e. The first-order valence-electron chi connectivity index (χ1n) is 9.73. The summed E-state index contributed by atoms with van der Waals surface area (Å²) in [6.45, 7) is 1.42. The Morgan fingerprint density at radius 2 is 1.70 bits per heavy atom. The standard InChI is InChI=1S/C24H23FN4O/c1-28(2)22-9-3-17(4-10-22)14-26-27-24(30)18-5-6-19-15-29(16-20(19)13-18)23-11-7-21(25)8-12-23/h3-14H,15-16H2,1-2H3,(H,27,30)/b26-14+. The topological polar surface area (TPSA) is 47.9 Å². The van der Waals surface area contributed by atoms with Crippen LogP contribution >= 0.6 is 0 Å². The molecule has 0 saturated carbocycles. The number of hydrogen-bond donors (Lipinski definition) is 1. The first-order chi connectivity index (χ1) is 14.5. The molecule has 1 amide bonds. The van der Waals surface area contributed by atoms with Crippen LogP contribution in [0.15, 0.2) is 71.8 Å². The van der Waals surface area contributed by atoms with Crippen LogP contribution in [0.4, 0.5) is 15.8 Å². The third-order valence-corrected chi connectivity index (χ3v) is 5.17. The molecule has 6 heteroatoms. The van der Waals surface area contributed by atoms with Gasteiger partial charge in [0, 0.05) is 44.1 Å². The molecule has 3 aromatic carbocycles. The lowest BCUT2D eigenvalue weighted by molar-refractivity contribution is 0.0955. The van der Waals surface area contributed by atoms with E-state index >= 15 is 0 Å². The zero-order valence-corrected chi connectivity index (χ0v) is 17.0. The van der Waals surface area contributed by atoms with Crippen LogP contribution in [0.2, 0.25) is 0 Å². The molecule has 1 aliphatic rings. The second-order valence-electron chi connectivity index (χ2n) is 7.50. The summed E-state index contributed by atoms with van der Waals surface area (Å²) in [6.07, 6.45) is 1.63. The number of fused-ring (bicyclic) bond motifs is 1. The van der Waals surface area contributed by atoms with Gasteiger partial charge in [0.25, 0.3) is 5.91 Å². The number of amides is 1. The Morgan fingerprint density at radius 1 is 1.00 bits per heavy atom. The number of benzene rings is 3. The molecule has 0 radical (unpaired) electrons. The van der Waals surface area contributed by atoms with E-state index in [2.05, 4.69) is 15.4 Å². The van der Waals surface area contributed by atoms with Crippen molar-refractivity contribution in [2.45, 2.75) is 13.1 Å². The molecule has 152 valence electrons. The fourth-order valence-corrected chi connectivity index (χ4v) is 3.46. The van der Waals surface area contributed by atoms with Gasteiger partial charge in [0.1, 0.15) is 5.82 Å². The summed E-state index contributed by atoms with van der Waals surface area (Å²) in [6, 6.07) is 20.0. The second-order valence-corrected chi connectivity index (χ2v) is 7.50. The van der Waals surface area contributed by atoms with Gasteiger partial charge < -0.3 is 9.80 Å². The minimum absolute atomic E-state index is 0.247. The average Bonchev–Trinajstić information content (AvgIpc) is 3.18.